The van der Waals surface area contributed by atoms with Crippen LogP contribution in [0.15, 0.2) is 24.3 Å². The van der Waals surface area contributed by atoms with Crippen LogP contribution in [0.4, 0.5) is 0 Å². The van der Waals surface area contributed by atoms with Gasteiger partial charge < -0.3 is 5.32 Å². The highest BCUT2D eigenvalue weighted by molar-refractivity contribution is 6.31. The van der Waals surface area contributed by atoms with Gasteiger partial charge in [-0.15, -0.1) is 0 Å². The van der Waals surface area contributed by atoms with Crippen LogP contribution in [0.25, 0.3) is 0 Å². The van der Waals surface area contributed by atoms with Crippen LogP contribution in [0.2, 0.25) is 5.02 Å². The number of nitrogens with one attached hydrogen (secondary N) is 1. The quantitative estimate of drug-likeness (QED) is 0.793. The fourth-order valence-corrected chi connectivity index (χ4v) is 2.09. The van der Waals surface area contributed by atoms with Gasteiger partial charge in [0.15, 0.2) is 0 Å². The molecule has 1 nitrogen and oxygen atoms in total. The Morgan fingerprint density at radius 2 is 1.80 bits per heavy atom. The number of rotatable bonds is 5. The molecule has 0 aliphatic rings. The molecule has 0 radical (unpaired) electrons. The summed E-state index contributed by atoms with van der Waals surface area (Å²) in [5.41, 5.74) is 1.19. The maximum absolute atomic E-state index is 6.15. The van der Waals surface area contributed by atoms with E-state index in [1.165, 1.54) is 5.56 Å². The van der Waals surface area contributed by atoms with E-state index in [0.29, 0.717) is 12.1 Å². The van der Waals surface area contributed by atoms with Crippen molar-refractivity contribution in [3.63, 3.8) is 0 Å². The highest BCUT2D eigenvalue weighted by Crippen LogP contribution is 2.22. The molecular weight excluding hydrogens is 206 g/mol. The SMILES string of the molecule is CCC(CC)NC(C)c1ccccc1Cl. The van der Waals surface area contributed by atoms with E-state index in [4.69, 9.17) is 11.6 Å². The molecule has 0 fully saturated rings. The summed E-state index contributed by atoms with van der Waals surface area (Å²) >= 11 is 6.15. The lowest BCUT2D eigenvalue weighted by molar-refractivity contribution is 0.432. The molecule has 0 aromatic heterocycles. The molecular formula is C13H20ClN. The molecule has 15 heavy (non-hydrogen) atoms. The van der Waals surface area contributed by atoms with E-state index in [1.807, 2.05) is 18.2 Å². The lowest BCUT2D eigenvalue weighted by Crippen LogP contribution is -2.30. The highest BCUT2D eigenvalue weighted by atomic mass is 35.5. The van der Waals surface area contributed by atoms with Gasteiger partial charge in [-0.1, -0.05) is 43.6 Å². The lowest BCUT2D eigenvalue weighted by Gasteiger charge is -2.22. The molecule has 1 aromatic rings. The van der Waals surface area contributed by atoms with Crippen molar-refractivity contribution in [2.45, 2.75) is 45.7 Å². The van der Waals surface area contributed by atoms with Crippen LogP contribution in [0.1, 0.15) is 45.2 Å². The van der Waals surface area contributed by atoms with Gasteiger partial charge in [0.25, 0.3) is 0 Å². The molecule has 0 aliphatic carbocycles. The molecule has 1 N–H and O–H groups in total. The van der Waals surface area contributed by atoms with Crippen molar-refractivity contribution in [1.29, 1.82) is 0 Å². The van der Waals surface area contributed by atoms with Crippen molar-refractivity contribution in [2.75, 3.05) is 0 Å². The predicted molar refractivity (Wildman–Crippen MR) is 67.4 cm³/mol. The van der Waals surface area contributed by atoms with Crippen molar-refractivity contribution < 1.29 is 0 Å². The number of hydrogen-bond donors (Lipinski definition) is 1. The van der Waals surface area contributed by atoms with Gasteiger partial charge in [-0.05, 0) is 31.4 Å². The minimum absolute atomic E-state index is 0.323. The van der Waals surface area contributed by atoms with Gasteiger partial charge in [0.2, 0.25) is 0 Å². The van der Waals surface area contributed by atoms with E-state index in [0.717, 1.165) is 17.9 Å². The van der Waals surface area contributed by atoms with E-state index >= 15 is 0 Å². The zero-order valence-corrected chi connectivity index (χ0v) is 10.5. The van der Waals surface area contributed by atoms with Gasteiger partial charge in [-0.2, -0.15) is 0 Å². The molecule has 84 valence electrons. The minimum atomic E-state index is 0.323. The van der Waals surface area contributed by atoms with Crippen LogP contribution < -0.4 is 5.32 Å². The largest absolute Gasteiger partial charge is 0.307 e. The average molecular weight is 226 g/mol. The van der Waals surface area contributed by atoms with Crippen molar-refractivity contribution in [1.82, 2.24) is 5.32 Å². The summed E-state index contributed by atoms with van der Waals surface area (Å²) in [7, 11) is 0. The Morgan fingerprint density at radius 1 is 1.20 bits per heavy atom. The molecule has 1 unspecified atom stereocenters. The van der Waals surface area contributed by atoms with Crippen molar-refractivity contribution in [2.24, 2.45) is 0 Å². The molecule has 0 spiro atoms. The minimum Gasteiger partial charge on any atom is -0.307 e. The van der Waals surface area contributed by atoms with E-state index in [-0.39, 0.29) is 0 Å². The Balaban J connectivity index is 2.68. The Labute approximate surface area is 97.8 Å². The molecule has 1 rings (SSSR count). The highest BCUT2D eigenvalue weighted by Gasteiger charge is 2.12. The normalized spacial score (nSPS) is 13.1. The smallest absolute Gasteiger partial charge is 0.0453 e. The van der Waals surface area contributed by atoms with Crippen LogP contribution in [0, 0.1) is 0 Å². The Hall–Kier alpha value is -0.530. The summed E-state index contributed by atoms with van der Waals surface area (Å²) in [4.78, 5) is 0. The van der Waals surface area contributed by atoms with Gasteiger partial charge >= 0.3 is 0 Å². The first kappa shape index (κ1) is 12.5. The van der Waals surface area contributed by atoms with Gasteiger partial charge in [0.1, 0.15) is 0 Å². The molecule has 0 heterocycles. The van der Waals surface area contributed by atoms with Crippen LogP contribution in [0.3, 0.4) is 0 Å². The Morgan fingerprint density at radius 3 is 2.33 bits per heavy atom. The van der Waals surface area contributed by atoms with Crippen LogP contribution >= 0.6 is 11.6 Å². The van der Waals surface area contributed by atoms with Gasteiger partial charge in [0.05, 0.1) is 0 Å². The van der Waals surface area contributed by atoms with E-state index in [9.17, 15) is 0 Å². The van der Waals surface area contributed by atoms with Crippen LogP contribution in [0.5, 0.6) is 0 Å². The third kappa shape index (κ3) is 3.51. The molecule has 1 atom stereocenters. The Bertz CT molecular complexity index is 294. The maximum atomic E-state index is 6.15. The van der Waals surface area contributed by atoms with Crippen LogP contribution in [-0.2, 0) is 0 Å². The summed E-state index contributed by atoms with van der Waals surface area (Å²) < 4.78 is 0. The zero-order chi connectivity index (χ0) is 11.3. The summed E-state index contributed by atoms with van der Waals surface area (Å²) in [5, 5.41) is 4.44. The zero-order valence-electron chi connectivity index (χ0n) is 9.76. The first-order chi connectivity index (χ1) is 7.19. The van der Waals surface area contributed by atoms with Crippen LogP contribution in [-0.4, -0.2) is 6.04 Å². The van der Waals surface area contributed by atoms with Crippen molar-refractivity contribution >= 4 is 11.6 Å². The van der Waals surface area contributed by atoms with Crippen molar-refractivity contribution in [3.05, 3.63) is 34.9 Å². The third-order valence-electron chi connectivity index (χ3n) is 2.84. The summed E-state index contributed by atoms with van der Waals surface area (Å²) in [5.74, 6) is 0. The third-order valence-corrected chi connectivity index (χ3v) is 3.19. The molecule has 0 amide bonds. The molecule has 2 heteroatoms. The molecule has 0 aliphatic heterocycles. The summed E-state index contributed by atoms with van der Waals surface area (Å²) in [6.07, 6.45) is 2.32. The molecule has 0 saturated heterocycles. The first-order valence-electron chi connectivity index (χ1n) is 5.69. The number of halogens is 1. The Kier molecular flexibility index (Phi) is 5.13. The second kappa shape index (κ2) is 6.14. The molecule has 0 saturated carbocycles. The lowest BCUT2D eigenvalue weighted by atomic mass is 10.1. The van der Waals surface area contributed by atoms with E-state index in [2.05, 4.69) is 32.2 Å². The van der Waals surface area contributed by atoms with E-state index < -0.39 is 0 Å². The van der Waals surface area contributed by atoms with Gasteiger partial charge in [-0.3, -0.25) is 0 Å². The summed E-state index contributed by atoms with van der Waals surface area (Å²) in [6.45, 7) is 6.58. The fourth-order valence-electron chi connectivity index (χ4n) is 1.79. The predicted octanol–water partition coefficient (Wildman–Crippen LogP) is 4.18. The monoisotopic (exact) mass is 225 g/mol. The second-order valence-corrected chi connectivity index (χ2v) is 4.33. The second-order valence-electron chi connectivity index (χ2n) is 3.92. The number of benzene rings is 1. The first-order valence-corrected chi connectivity index (χ1v) is 6.07. The van der Waals surface area contributed by atoms with Crippen molar-refractivity contribution in [3.8, 4) is 0 Å². The maximum Gasteiger partial charge on any atom is 0.0453 e. The standard InChI is InChI=1S/C13H20ClN/c1-4-11(5-2)15-10(3)12-8-6-7-9-13(12)14/h6-11,15H,4-5H2,1-3H3. The molecule has 1 aromatic carbocycles. The van der Waals surface area contributed by atoms with E-state index in [1.54, 1.807) is 0 Å². The average Bonchev–Trinajstić information content (AvgIpc) is 2.26. The topological polar surface area (TPSA) is 12.0 Å². The number of hydrogen-bond acceptors (Lipinski definition) is 1. The van der Waals surface area contributed by atoms with Gasteiger partial charge in [-0.25, -0.2) is 0 Å². The molecule has 0 bridgehead atoms. The van der Waals surface area contributed by atoms with Gasteiger partial charge in [0, 0.05) is 17.1 Å². The summed E-state index contributed by atoms with van der Waals surface area (Å²) in [6, 6.07) is 8.94. The fraction of sp³-hybridized carbons (Fsp3) is 0.538.